The van der Waals surface area contributed by atoms with Crippen LogP contribution >= 0.6 is 12.2 Å². The highest BCUT2D eigenvalue weighted by atomic mass is 32.1. The third kappa shape index (κ3) is 0.769. The van der Waals surface area contributed by atoms with Gasteiger partial charge in [0.25, 0.3) is 0 Å². The van der Waals surface area contributed by atoms with E-state index in [1.807, 2.05) is 0 Å². The number of hydrogen-bond donors (Lipinski definition) is 1. The Bertz CT molecular complexity index is 234. The van der Waals surface area contributed by atoms with Crippen LogP contribution in [0.5, 0.6) is 0 Å². The van der Waals surface area contributed by atoms with E-state index < -0.39 is 0 Å². The third-order valence-electron chi connectivity index (χ3n) is 4.45. The molecule has 0 aromatic rings. The molecule has 1 saturated heterocycles. The Morgan fingerprint density at radius 2 is 2.08 bits per heavy atom. The molecule has 2 aliphatic rings. The highest BCUT2D eigenvalue weighted by Gasteiger charge is 2.56. The average molecular weight is 183 g/mol. The highest BCUT2D eigenvalue weighted by molar-refractivity contribution is 7.80. The van der Waals surface area contributed by atoms with Gasteiger partial charge >= 0.3 is 0 Å². The van der Waals surface area contributed by atoms with Crippen molar-refractivity contribution in [1.82, 2.24) is 5.32 Å². The van der Waals surface area contributed by atoms with Crippen molar-refractivity contribution in [2.75, 3.05) is 6.54 Å². The molecule has 1 aliphatic carbocycles. The summed E-state index contributed by atoms with van der Waals surface area (Å²) in [6.07, 6.45) is 2.62. The molecule has 2 fully saturated rings. The van der Waals surface area contributed by atoms with E-state index in [9.17, 15) is 0 Å². The Balaban J connectivity index is 2.43. The van der Waals surface area contributed by atoms with Crippen molar-refractivity contribution in [3.05, 3.63) is 0 Å². The predicted octanol–water partition coefficient (Wildman–Crippen LogP) is 2.36. The van der Waals surface area contributed by atoms with Gasteiger partial charge in [0.2, 0.25) is 0 Å². The van der Waals surface area contributed by atoms with E-state index in [1.54, 1.807) is 0 Å². The van der Waals surface area contributed by atoms with Crippen LogP contribution in [0.2, 0.25) is 0 Å². The summed E-state index contributed by atoms with van der Waals surface area (Å²) < 4.78 is 0. The maximum absolute atomic E-state index is 5.40. The first-order chi connectivity index (χ1) is 5.48. The molecule has 2 heteroatoms. The van der Waals surface area contributed by atoms with E-state index in [2.05, 4.69) is 26.1 Å². The molecule has 1 nitrogen and oxygen atoms in total. The van der Waals surface area contributed by atoms with E-state index in [4.69, 9.17) is 12.2 Å². The molecule has 0 radical (unpaired) electrons. The Hall–Kier alpha value is -0.110. The minimum atomic E-state index is 0.269. The van der Waals surface area contributed by atoms with Gasteiger partial charge in [-0.1, -0.05) is 33.0 Å². The summed E-state index contributed by atoms with van der Waals surface area (Å²) in [4.78, 5) is 1.10. The number of thiocarbonyl (C=S) groups is 1. The van der Waals surface area contributed by atoms with Crippen LogP contribution in [-0.2, 0) is 0 Å². The summed E-state index contributed by atoms with van der Waals surface area (Å²) in [6, 6.07) is 0. The lowest BCUT2D eigenvalue weighted by Gasteiger charge is -2.46. The van der Waals surface area contributed by atoms with Crippen LogP contribution < -0.4 is 5.32 Å². The van der Waals surface area contributed by atoms with Crippen molar-refractivity contribution >= 4 is 17.2 Å². The van der Waals surface area contributed by atoms with Gasteiger partial charge in [0, 0.05) is 12.0 Å². The molecule has 1 aliphatic heterocycles. The fraction of sp³-hybridized carbons (Fsp3) is 0.900. The molecule has 68 valence electrons. The summed E-state index contributed by atoms with van der Waals surface area (Å²) in [5.74, 6) is 0.828. The first-order valence-corrected chi connectivity index (χ1v) is 5.17. The van der Waals surface area contributed by atoms with Crippen molar-refractivity contribution in [2.45, 2.75) is 33.6 Å². The zero-order chi connectivity index (χ0) is 8.98. The Morgan fingerprint density at radius 1 is 1.42 bits per heavy atom. The fourth-order valence-electron chi connectivity index (χ4n) is 2.77. The second-order valence-electron chi connectivity index (χ2n) is 5.00. The van der Waals surface area contributed by atoms with Gasteiger partial charge in [0.05, 0.1) is 4.99 Å². The van der Waals surface area contributed by atoms with Gasteiger partial charge in [0.15, 0.2) is 0 Å². The van der Waals surface area contributed by atoms with Gasteiger partial charge in [-0.3, -0.25) is 0 Å². The van der Waals surface area contributed by atoms with Gasteiger partial charge < -0.3 is 5.32 Å². The lowest BCUT2D eigenvalue weighted by Crippen LogP contribution is -2.53. The highest BCUT2D eigenvalue weighted by Crippen LogP contribution is 2.57. The monoisotopic (exact) mass is 183 g/mol. The number of fused-ring (bicyclic) bond motifs is 2. The molecule has 1 saturated carbocycles. The molecular formula is C10H17NS. The number of rotatable bonds is 0. The van der Waals surface area contributed by atoms with Gasteiger partial charge in [0.1, 0.15) is 0 Å². The molecule has 2 bridgehead atoms. The predicted molar refractivity (Wildman–Crippen MR) is 55.2 cm³/mol. The van der Waals surface area contributed by atoms with Crippen LogP contribution in [-0.4, -0.2) is 11.5 Å². The van der Waals surface area contributed by atoms with Crippen molar-refractivity contribution in [1.29, 1.82) is 0 Å². The Labute approximate surface area is 79.9 Å². The normalized spacial score (nSPS) is 44.2. The molecule has 2 rings (SSSR count). The third-order valence-corrected chi connectivity index (χ3v) is 5.04. The van der Waals surface area contributed by atoms with E-state index >= 15 is 0 Å². The van der Waals surface area contributed by atoms with Crippen LogP contribution in [0.1, 0.15) is 33.6 Å². The van der Waals surface area contributed by atoms with Crippen LogP contribution in [0.4, 0.5) is 0 Å². The van der Waals surface area contributed by atoms with E-state index in [1.165, 1.54) is 12.8 Å². The van der Waals surface area contributed by atoms with Gasteiger partial charge in [-0.2, -0.15) is 0 Å². The lowest BCUT2D eigenvalue weighted by atomic mass is 9.64. The second-order valence-corrected chi connectivity index (χ2v) is 5.41. The number of piperidine rings is 1. The van der Waals surface area contributed by atoms with Crippen LogP contribution in [0.25, 0.3) is 0 Å². The molecule has 2 atom stereocenters. The van der Waals surface area contributed by atoms with Crippen molar-refractivity contribution in [3.63, 3.8) is 0 Å². The zero-order valence-corrected chi connectivity index (χ0v) is 8.92. The van der Waals surface area contributed by atoms with Gasteiger partial charge in [-0.25, -0.2) is 0 Å². The summed E-state index contributed by atoms with van der Waals surface area (Å²) in [7, 11) is 0. The number of hydrogen-bond acceptors (Lipinski definition) is 1. The lowest BCUT2D eigenvalue weighted by molar-refractivity contribution is 0.133. The Kier molecular flexibility index (Phi) is 1.57. The van der Waals surface area contributed by atoms with E-state index in [-0.39, 0.29) is 5.41 Å². The van der Waals surface area contributed by atoms with Crippen molar-refractivity contribution < 1.29 is 0 Å². The summed E-state index contributed by atoms with van der Waals surface area (Å²) >= 11 is 5.40. The molecule has 1 heterocycles. The van der Waals surface area contributed by atoms with Gasteiger partial charge in [-0.05, 0) is 24.2 Å². The fourth-order valence-corrected chi connectivity index (χ4v) is 3.22. The molecule has 0 aromatic heterocycles. The second kappa shape index (κ2) is 2.22. The maximum Gasteiger partial charge on any atom is 0.0818 e. The standard InChI is InChI=1S/C10H17NS/c1-9(2)7-4-5-10(9,3)8(12)11-6-7/h7H,4-6H2,1-3H3,(H,11,12)/t7-,10+/m1/s1. The maximum atomic E-state index is 5.40. The average Bonchev–Trinajstić information content (AvgIpc) is 2.17. The molecule has 0 spiro atoms. The topological polar surface area (TPSA) is 12.0 Å². The van der Waals surface area contributed by atoms with Crippen molar-refractivity contribution in [2.24, 2.45) is 16.7 Å². The summed E-state index contributed by atoms with van der Waals surface area (Å²) in [5, 5.41) is 3.37. The number of nitrogens with one attached hydrogen (secondary N) is 1. The summed E-state index contributed by atoms with van der Waals surface area (Å²) in [6.45, 7) is 8.17. The minimum Gasteiger partial charge on any atom is -0.379 e. The first-order valence-electron chi connectivity index (χ1n) is 4.77. The van der Waals surface area contributed by atoms with Crippen LogP contribution in [0, 0.1) is 16.7 Å². The largest absolute Gasteiger partial charge is 0.379 e. The Morgan fingerprint density at radius 3 is 2.67 bits per heavy atom. The molecular weight excluding hydrogens is 166 g/mol. The molecule has 0 unspecified atom stereocenters. The SMILES string of the molecule is CC1(C)[C@@H]2CC[C@@]1(C)C(=S)NC2. The minimum absolute atomic E-state index is 0.269. The van der Waals surface area contributed by atoms with Crippen LogP contribution in [0.15, 0.2) is 0 Å². The molecule has 0 aromatic carbocycles. The van der Waals surface area contributed by atoms with E-state index in [0.717, 1.165) is 17.5 Å². The first kappa shape index (κ1) is 8.49. The van der Waals surface area contributed by atoms with E-state index in [0.29, 0.717) is 5.41 Å². The summed E-state index contributed by atoms with van der Waals surface area (Å²) in [5.41, 5.74) is 0.681. The smallest absolute Gasteiger partial charge is 0.0818 e. The van der Waals surface area contributed by atoms with Crippen LogP contribution in [0.3, 0.4) is 0 Å². The quantitative estimate of drug-likeness (QED) is 0.579. The zero-order valence-electron chi connectivity index (χ0n) is 8.11. The van der Waals surface area contributed by atoms with Gasteiger partial charge in [-0.15, -0.1) is 0 Å². The molecule has 12 heavy (non-hydrogen) atoms. The van der Waals surface area contributed by atoms with Crippen molar-refractivity contribution in [3.8, 4) is 0 Å². The molecule has 0 amide bonds. The molecule has 1 N–H and O–H groups in total.